The summed E-state index contributed by atoms with van der Waals surface area (Å²) in [6.45, 7) is 0. The summed E-state index contributed by atoms with van der Waals surface area (Å²) in [4.78, 5) is 17.4. The number of nitrogens with zero attached hydrogens (tertiary/aromatic N) is 3. The average Bonchev–Trinajstić information content (AvgIpc) is 2.36. The number of rotatable bonds is 3. The normalized spacial score (nSPS) is 10.3. The molecule has 0 saturated carbocycles. The van der Waals surface area contributed by atoms with Crippen LogP contribution in [0.3, 0.4) is 0 Å². The molecule has 0 unspecified atom stereocenters. The van der Waals surface area contributed by atoms with Crippen LogP contribution in [0.4, 0.5) is 5.69 Å². The number of ether oxygens (including phenoxy) is 1. The number of hydrogen-bond donors (Lipinski definition) is 0. The van der Waals surface area contributed by atoms with Crippen LogP contribution >= 0.6 is 34.8 Å². The lowest BCUT2D eigenvalue weighted by Crippen LogP contribution is -1.93. The maximum absolute atomic E-state index is 10.5. The van der Waals surface area contributed by atoms with E-state index in [2.05, 4.69) is 9.97 Å². The molecule has 2 aromatic rings. The van der Waals surface area contributed by atoms with Gasteiger partial charge in [0, 0.05) is 12.1 Å². The molecule has 0 fully saturated rings. The molecule has 1 aromatic heterocycles. The zero-order valence-electron chi connectivity index (χ0n) is 9.01. The zero-order valence-corrected chi connectivity index (χ0v) is 11.3. The smallest absolute Gasteiger partial charge is 0.269 e. The zero-order chi connectivity index (χ0) is 14.0. The van der Waals surface area contributed by atoms with Crippen molar-refractivity contribution in [3.05, 3.63) is 49.8 Å². The van der Waals surface area contributed by atoms with Crippen molar-refractivity contribution in [2.45, 2.75) is 0 Å². The van der Waals surface area contributed by atoms with Crippen molar-refractivity contribution < 1.29 is 9.66 Å². The third-order valence-electron chi connectivity index (χ3n) is 2.02. The van der Waals surface area contributed by atoms with Crippen molar-refractivity contribution in [3.63, 3.8) is 0 Å². The molecule has 98 valence electrons. The van der Waals surface area contributed by atoms with Crippen molar-refractivity contribution >= 4 is 40.5 Å². The summed E-state index contributed by atoms with van der Waals surface area (Å²) in [5.74, 6) is 0.277. The highest BCUT2D eigenvalue weighted by molar-refractivity contribution is 6.42. The molecule has 0 N–H and O–H groups in total. The van der Waals surface area contributed by atoms with Gasteiger partial charge < -0.3 is 4.74 Å². The Kier molecular flexibility index (Phi) is 4.04. The standard InChI is InChI=1S/C10H4Cl3N3O3/c11-7-8(12)14-10(13)15-9(7)19-6-3-1-5(2-4-6)16(17)18/h1-4H. The second kappa shape index (κ2) is 5.56. The van der Waals surface area contributed by atoms with Crippen molar-refractivity contribution in [2.24, 2.45) is 0 Å². The topological polar surface area (TPSA) is 78.2 Å². The minimum absolute atomic E-state index is 0.00409. The summed E-state index contributed by atoms with van der Waals surface area (Å²) in [5, 5.41) is 10.3. The highest BCUT2D eigenvalue weighted by atomic mass is 35.5. The molecule has 0 aliphatic carbocycles. The van der Waals surface area contributed by atoms with Gasteiger partial charge in [-0.05, 0) is 23.7 Å². The Morgan fingerprint density at radius 1 is 1.11 bits per heavy atom. The van der Waals surface area contributed by atoms with Gasteiger partial charge in [0.25, 0.3) is 5.69 Å². The molecule has 2 rings (SSSR count). The fourth-order valence-electron chi connectivity index (χ4n) is 1.19. The van der Waals surface area contributed by atoms with Crippen LogP contribution in [0.25, 0.3) is 0 Å². The Balaban J connectivity index is 2.28. The molecule has 9 heteroatoms. The highest BCUT2D eigenvalue weighted by Crippen LogP contribution is 2.33. The van der Waals surface area contributed by atoms with Gasteiger partial charge in [-0.25, -0.2) is 4.98 Å². The van der Waals surface area contributed by atoms with Crippen LogP contribution in [0.5, 0.6) is 11.6 Å². The molecule has 0 radical (unpaired) electrons. The molecule has 1 heterocycles. The first-order valence-electron chi connectivity index (χ1n) is 4.78. The van der Waals surface area contributed by atoms with Crippen molar-refractivity contribution in [1.82, 2.24) is 9.97 Å². The van der Waals surface area contributed by atoms with E-state index in [1.54, 1.807) is 0 Å². The van der Waals surface area contributed by atoms with E-state index in [0.717, 1.165) is 0 Å². The molecular formula is C10H4Cl3N3O3. The number of nitro benzene ring substituents is 1. The Morgan fingerprint density at radius 2 is 1.74 bits per heavy atom. The molecular weight excluding hydrogens is 316 g/mol. The Hall–Kier alpha value is -1.63. The first kappa shape index (κ1) is 13.8. The van der Waals surface area contributed by atoms with E-state index in [1.807, 2.05) is 0 Å². The maximum atomic E-state index is 10.5. The number of hydrogen-bond acceptors (Lipinski definition) is 5. The number of nitro groups is 1. The monoisotopic (exact) mass is 319 g/mol. The van der Waals surface area contributed by atoms with E-state index in [9.17, 15) is 10.1 Å². The second-order valence-electron chi connectivity index (χ2n) is 3.26. The average molecular weight is 321 g/mol. The van der Waals surface area contributed by atoms with Crippen molar-refractivity contribution in [3.8, 4) is 11.6 Å². The first-order chi connectivity index (χ1) is 8.97. The van der Waals surface area contributed by atoms with E-state index >= 15 is 0 Å². The SMILES string of the molecule is O=[N+]([O-])c1ccc(Oc2nc(Cl)nc(Cl)c2Cl)cc1. The van der Waals surface area contributed by atoms with E-state index < -0.39 is 4.92 Å². The van der Waals surface area contributed by atoms with E-state index in [-0.39, 0.29) is 27.0 Å². The van der Waals surface area contributed by atoms with Gasteiger partial charge in [0.2, 0.25) is 11.2 Å². The molecule has 19 heavy (non-hydrogen) atoms. The van der Waals surface area contributed by atoms with E-state index in [0.29, 0.717) is 5.75 Å². The predicted octanol–water partition coefficient (Wildman–Crippen LogP) is 4.14. The molecule has 0 amide bonds. The number of non-ortho nitro benzene ring substituents is 1. The molecule has 0 atom stereocenters. The minimum Gasteiger partial charge on any atom is -0.437 e. The van der Waals surface area contributed by atoms with Gasteiger partial charge in [0.05, 0.1) is 4.92 Å². The molecule has 0 bridgehead atoms. The largest absolute Gasteiger partial charge is 0.437 e. The van der Waals surface area contributed by atoms with Crippen LogP contribution in [0, 0.1) is 10.1 Å². The van der Waals surface area contributed by atoms with Gasteiger partial charge in [0.1, 0.15) is 10.8 Å². The van der Waals surface area contributed by atoms with E-state index in [1.165, 1.54) is 24.3 Å². The lowest BCUT2D eigenvalue weighted by molar-refractivity contribution is -0.384. The molecule has 0 aliphatic rings. The van der Waals surface area contributed by atoms with Crippen LogP contribution in [0.15, 0.2) is 24.3 Å². The van der Waals surface area contributed by atoms with Crippen LogP contribution < -0.4 is 4.74 Å². The van der Waals surface area contributed by atoms with Crippen molar-refractivity contribution in [1.29, 1.82) is 0 Å². The van der Waals surface area contributed by atoms with Crippen LogP contribution in [-0.2, 0) is 0 Å². The third kappa shape index (κ3) is 3.23. The molecule has 0 aliphatic heterocycles. The molecule has 0 spiro atoms. The molecule has 1 aromatic carbocycles. The lowest BCUT2D eigenvalue weighted by Gasteiger charge is -2.07. The van der Waals surface area contributed by atoms with Crippen LogP contribution in [0.1, 0.15) is 0 Å². The fourth-order valence-corrected chi connectivity index (χ4v) is 1.68. The highest BCUT2D eigenvalue weighted by Gasteiger charge is 2.13. The van der Waals surface area contributed by atoms with Gasteiger partial charge in [-0.2, -0.15) is 4.98 Å². The van der Waals surface area contributed by atoms with Crippen molar-refractivity contribution in [2.75, 3.05) is 0 Å². The summed E-state index contributed by atoms with van der Waals surface area (Å²) in [6, 6.07) is 5.37. The van der Waals surface area contributed by atoms with Crippen LogP contribution in [-0.4, -0.2) is 14.9 Å². The minimum atomic E-state index is -0.519. The number of aromatic nitrogens is 2. The summed E-state index contributed by atoms with van der Waals surface area (Å²) in [5.41, 5.74) is -0.0581. The van der Waals surface area contributed by atoms with Crippen LogP contribution in [0.2, 0.25) is 15.5 Å². The van der Waals surface area contributed by atoms with E-state index in [4.69, 9.17) is 39.5 Å². The van der Waals surface area contributed by atoms with Gasteiger partial charge in [-0.15, -0.1) is 0 Å². The summed E-state index contributed by atoms with van der Waals surface area (Å²) in [7, 11) is 0. The predicted molar refractivity (Wildman–Crippen MR) is 70.2 cm³/mol. The summed E-state index contributed by atoms with van der Waals surface area (Å²) in [6.07, 6.45) is 0. The van der Waals surface area contributed by atoms with Gasteiger partial charge in [-0.3, -0.25) is 10.1 Å². The van der Waals surface area contributed by atoms with Gasteiger partial charge in [-0.1, -0.05) is 23.2 Å². The summed E-state index contributed by atoms with van der Waals surface area (Å²) < 4.78 is 5.33. The quantitative estimate of drug-likeness (QED) is 0.367. The van der Waals surface area contributed by atoms with Gasteiger partial charge >= 0.3 is 0 Å². The van der Waals surface area contributed by atoms with Gasteiger partial charge in [0.15, 0.2) is 5.15 Å². The lowest BCUT2D eigenvalue weighted by atomic mass is 10.3. The number of halogens is 3. The Morgan fingerprint density at radius 3 is 2.32 bits per heavy atom. The fraction of sp³-hybridized carbons (Fsp3) is 0. The maximum Gasteiger partial charge on any atom is 0.269 e. The molecule has 0 saturated heterocycles. The Labute approximate surface area is 122 Å². The summed E-state index contributed by atoms with van der Waals surface area (Å²) >= 11 is 17.2. The first-order valence-corrected chi connectivity index (χ1v) is 5.91. The Bertz CT molecular complexity index is 634. The third-order valence-corrected chi connectivity index (χ3v) is 2.90. The number of benzene rings is 1. The molecule has 6 nitrogen and oxygen atoms in total. The second-order valence-corrected chi connectivity index (χ2v) is 4.33.